The van der Waals surface area contributed by atoms with E-state index in [1.165, 1.54) is 4.90 Å². The molecule has 0 aromatic rings. The third kappa shape index (κ3) is 5.71. The second-order valence-corrected chi connectivity index (χ2v) is 9.47. The lowest BCUT2D eigenvalue weighted by Crippen LogP contribution is -2.35. The van der Waals surface area contributed by atoms with Crippen molar-refractivity contribution in [3.63, 3.8) is 0 Å². The van der Waals surface area contributed by atoms with Crippen molar-refractivity contribution in [2.24, 2.45) is 22.7 Å². The first kappa shape index (κ1) is 20.9. The lowest BCUT2D eigenvalue weighted by Gasteiger charge is -2.25. The lowest BCUT2D eigenvalue weighted by molar-refractivity contribution is -0.140. The van der Waals surface area contributed by atoms with E-state index in [0.717, 1.165) is 19.3 Å². The zero-order chi connectivity index (χ0) is 18.7. The monoisotopic (exact) mass is 337 g/mol. The van der Waals surface area contributed by atoms with Gasteiger partial charge >= 0.3 is 0 Å². The average molecular weight is 338 g/mol. The molecule has 0 aromatic heterocycles. The van der Waals surface area contributed by atoms with Gasteiger partial charge in [-0.3, -0.25) is 19.3 Å². The Morgan fingerprint density at radius 3 is 2.17 bits per heavy atom. The topological polar surface area (TPSA) is 54.5 Å². The van der Waals surface area contributed by atoms with Gasteiger partial charge < -0.3 is 0 Å². The number of carbonyl (C=O) groups excluding carboxylic acids is 3. The Balaban J connectivity index is 2.39. The van der Waals surface area contributed by atoms with Gasteiger partial charge in [0.05, 0.1) is 5.92 Å². The van der Waals surface area contributed by atoms with Gasteiger partial charge in [-0.05, 0) is 24.2 Å². The number of hydrogen-bond acceptors (Lipinski definition) is 3. The molecular weight excluding hydrogens is 302 g/mol. The zero-order valence-corrected chi connectivity index (χ0v) is 16.6. The number of hydrogen-bond donors (Lipinski definition) is 0. The number of imide groups is 1. The number of likely N-dealkylation sites (tertiary alicyclic amines) is 1. The largest absolute Gasteiger partial charge is 0.299 e. The molecule has 1 fully saturated rings. The minimum absolute atomic E-state index is 0.0115. The maximum atomic E-state index is 12.4. The van der Waals surface area contributed by atoms with Crippen LogP contribution in [-0.2, 0) is 14.4 Å². The van der Waals surface area contributed by atoms with E-state index in [1.807, 2.05) is 41.5 Å². The predicted molar refractivity (Wildman–Crippen MR) is 96.4 cm³/mol. The van der Waals surface area contributed by atoms with Crippen LogP contribution >= 0.6 is 0 Å². The molecule has 138 valence electrons. The molecule has 0 saturated carbocycles. The first-order valence-electron chi connectivity index (χ1n) is 9.21. The van der Waals surface area contributed by atoms with Crippen LogP contribution in [0.1, 0.15) is 80.6 Å². The van der Waals surface area contributed by atoms with Crippen LogP contribution in [0.25, 0.3) is 0 Å². The summed E-state index contributed by atoms with van der Waals surface area (Å²) in [5.74, 6) is 0.474. The van der Waals surface area contributed by atoms with E-state index >= 15 is 0 Å². The van der Waals surface area contributed by atoms with Gasteiger partial charge in [-0.1, -0.05) is 54.9 Å². The molecule has 2 amide bonds. The van der Waals surface area contributed by atoms with E-state index in [-0.39, 0.29) is 28.6 Å². The molecule has 2 unspecified atom stereocenters. The third-order valence-electron chi connectivity index (χ3n) is 5.07. The second-order valence-electron chi connectivity index (χ2n) is 9.47. The van der Waals surface area contributed by atoms with Gasteiger partial charge in [-0.2, -0.15) is 0 Å². The Morgan fingerprint density at radius 1 is 1.12 bits per heavy atom. The van der Waals surface area contributed by atoms with E-state index in [1.54, 1.807) is 0 Å². The van der Waals surface area contributed by atoms with Crippen molar-refractivity contribution in [1.29, 1.82) is 0 Å². The van der Waals surface area contributed by atoms with E-state index in [9.17, 15) is 14.4 Å². The Hall–Kier alpha value is -1.19. The normalized spacial score (nSPS) is 20.6. The Bertz CT molecular complexity index is 482. The van der Waals surface area contributed by atoms with Gasteiger partial charge in [0.2, 0.25) is 11.8 Å². The van der Waals surface area contributed by atoms with Gasteiger partial charge in [0.1, 0.15) is 5.78 Å². The molecule has 1 aliphatic heterocycles. The SMILES string of the molecule is CC(CCCC(=O)C(C)(C)C)CCN1C(=O)CC(C(C)(C)C)C1=O. The fourth-order valence-electron chi connectivity index (χ4n) is 3.07. The maximum absolute atomic E-state index is 12.4. The van der Waals surface area contributed by atoms with E-state index in [2.05, 4.69) is 6.92 Å². The van der Waals surface area contributed by atoms with Crippen molar-refractivity contribution in [1.82, 2.24) is 4.90 Å². The quantitative estimate of drug-likeness (QED) is 0.654. The summed E-state index contributed by atoms with van der Waals surface area (Å²) < 4.78 is 0. The first-order chi connectivity index (χ1) is 10.8. The van der Waals surface area contributed by atoms with E-state index in [0.29, 0.717) is 31.1 Å². The average Bonchev–Trinajstić information content (AvgIpc) is 2.70. The summed E-state index contributed by atoms with van der Waals surface area (Å²) in [4.78, 5) is 38.0. The Kier molecular flexibility index (Phi) is 6.77. The lowest BCUT2D eigenvalue weighted by atomic mass is 9.80. The molecule has 0 spiro atoms. The molecule has 0 radical (unpaired) electrons. The summed E-state index contributed by atoms with van der Waals surface area (Å²) in [6, 6.07) is 0. The standard InChI is InChI=1S/C20H35NO3/c1-14(9-8-10-16(22)20(5,6)7)11-12-21-17(23)13-15(18(21)24)19(2,3)4/h14-15H,8-13H2,1-7H3. The van der Waals surface area contributed by atoms with E-state index in [4.69, 9.17) is 0 Å². The number of Topliss-reactive ketones (excluding diaryl/α,β-unsaturated/α-hetero) is 1. The minimum atomic E-state index is -0.264. The number of amides is 2. The molecule has 0 aliphatic carbocycles. The molecule has 24 heavy (non-hydrogen) atoms. The van der Waals surface area contributed by atoms with Crippen LogP contribution in [0.4, 0.5) is 0 Å². The van der Waals surface area contributed by atoms with Crippen LogP contribution in [-0.4, -0.2) is 29.0 Å². The first-order valence-corrected chi connectivity index (χ1v) is 9.21. The van der Waals surface area contributed by atoms with Crippen LogP contribution in [0.3, 0.4) is 0 Å². The highest BCUT2D eigenvalue weighted by atomic mass is 16.2. The molecule has 1 heterocycles. The molecule has 4 heteroatoms. The van der Waals surface area contributed by atoms with Gasteiger partial charge in [0.25, 0.3) is 0 Å². The molecular formula is C20H35NO3. The fourth-order valence-corrected chi connectivity index (χ4v) is 3.07. The van der Waals surface area contributed by atoms with Crippen molar-refractivity contribution in [2.75, 3.05) is 6.54 Å². The molecule has 0 bridgehead atoms. The number of nitrogens with zero attached hydrogens (tertiary/aromatic N) is 1. The van der Waals surface area contributed by atoms with Crippen LogP contribution < -0.4 is 0 Å². The molecule has 1 aliphatic rings. The zero-order valence-electron chi connectivity index (χ0n) is 16.6. The molecule has 0 N–H and O–H groups in total. The summed E-state index contributed by atoms with van der Waals surface area (Å²) in [5, 5.41) is 0. The Labute approximate surface area is 147 Å². The molecule has 0 aromatic carbocycles. The summed E-state index contributed by atoms with van der Waals surface area (Å²) in [7, 11) is 0. The van der Waals surface area contributed by atoms with Crippen molar-refractivity contribution in [3.8, 4) is 0 Å². The van der Waals surface area contributed by atoms with Crippen LogP contribution in [0.15, 0.2) is 0 Å². The number of ketones is 1. The summed E-state index contributed by atoms with van der Waals surface area (Å²) in [5.41, 5.74) is -0.431. The highest BCUT2D eigenvalue weighted by Gasteiger charge is 2.44. The van der Waals surface area contributed by atoms with Gasteiger partial charge in [-0.25, -0.2) is 0 Å². The minimum Gasteiger partial charge on any atom is -0.299 e. The highest BCUT2D eigenvalue weighted by molar-refractivity contribution is 6.03. The molecule has 2 atom stereocenters. The maximum Gasteiger partial charge on any atom is 0.233 e. The van der Waals surface area contributed by atoms with Crippen LogP contribution in [0, 0.1) is 22.7 Å². The summed E-state index contributed by atoms with van der Waals surface area (Å²) in [6.07, 6.45) is 3.61. The van der Waals surface area contributed by atoms with Crippen molar-refractivity contribution in [2.45, 2.75) is 80.6 Å². The van der Waals surface area contributed by atoms with E-state index < -0.39 is 0 Å². The molecule has 1 rings (SSSR count). The van der Waals surface area contributed by atoms with Crippen molar-refractivity contribution < 1.29 is 14.4 Å². The third-order valence-corrected chi connectivity index (χ3v) is 5.07. The van der Waals surface area contributed by atoms with Gasteiger partial charge in [-0.15, -0.1) is 0 Å². The molecule has 4 nitrogen and oxygen atoms in total. The predicted octanol–water partition coefficient (Wildman–Crippen LogP) is 4.22. The number of rotatable bonds is 7. The summed E-state index contributed by atoms with van der Waals surface area (Å²) >= 11 is 0. The van der Waals surface area contributed by atoms with Crippen molar-refractivity contribution in [3.05, 3.63) is 0 Å². The van der Waals surface area contributed by atoms with Crippen LogP contribution in [0.5, 0.6) is 0 Å². The second kappa shape index (κ2) is 7.79. The Morgan fingerprint density at radius 2 is 1.71 bits per heavy atom. The summed E-state index contributed by atoms with van der Waals surface area (Å²) in [6.45, 7) is 14.6. The van der Waals surface area contributed by atoms with Crippen LogP contribution in [0.2, 0.25) is 0 Å². The highest BCUT2D eigenvalue weighted by Crippen LogP contribution is 2.35. The van der Waals surface area contributed by atoms with Gasteiger partial charge in [0, 0.05) is 24.8 Å². The molecule has 1 saturated heterocycles. The smallest absolute Gasteiger partial charge is 0.233 e. The fraction of sp³-hybridized carbons (Fsp3) is 0.850. The van der Waals surface area contributed by atoms with Crippen molar-refractivity contribution >= 4 is 17.6 Å². The van der Waals surface area contributed by atoms with Gasteiger partial charge in [0.15, 0.2) is 0 Å². The number of carbonyl (C=O) groups is 3.